The Hall–Kier alpha value is -5.57. The molecule has 0 aliphatic rings. The zero-order valence-corrected chi connectivity index (χ0v) is 28.6. The van der Waals surface area contributed by atoms with E-state index in [4.69, 9.17) is 9.97 Å². The normalized spacial score (nSPS) is 11.7. The lowest BCUT2D eigenvalue weighted by molar-refractivity contribution is 0.477. The first kappa shape index (κ1) is 32.0. The number of aromatic hydroxyl groups is 1. The Morgan fingerprint density at radius 1 is 0.633 bits per heavy atom. The highest BCUT2D eigenvalue weighted by molar-refractivity contribution is 7.79. The average molecular weight is 656 g/mol. The predicted molar refractivity (Wildman–Crippen MR) is 206 cm³/mol. The fourth-order valence-electron chi connectivity index (χ4n) is 6.27. The van der Waals surface area contributed by atoms with Crippen LogP contribution in [0, 0.1) is 5.92 Å². The van der Waals surface area contributed by atoms with Crippen molar-refractivity contribution in [3.8, 4) is 28.3 Å². The molecule has 7 aromatic rings. The topological polar surface area (TPSA) is 49.2 Å². The number of phenolic OH excluding ortho intramolecular Hbond substituents is 1. The van der Waals surface area contributed by atoms with E-state index in [1.165, 1.54) is 10.6 Å². The van der Waals surface area contributed by atoms with Gasteiger partial charge in [-0.2, -0.15) is 0 Å². The standard InChI is InChI=1S/C44H38N3OP/c1-32(2)29-39-41(47(34-18-6-3-7-19-34)35-20-8-4-9-21-35)31-40(46-44(39)38-25-12-13-26-42(38)48)33-17-16-24-37(30-33)49(36-22-10-5-11-23-36)43-27-14-15-28-45-43/h3-28,30-32,48H,29H2,1-2H3. The Balaban J connectivity index is 1.50. The molecule has 0 saturated heterocycles. The molecule has 7 rings (SSSR count). The van der Waals surface area contributed by atoms with Crippen molar-refractivity contribution in [2.24, 2.45) is 5.92 Å². The van der Waals surface area contributed by atoms with Crippen LogP contribution in [0.1, 0.15) is 19.4 Å². The first-order valence-electron chi connectivity index (χ1n) is 16.7. The summed E-state index contributed by atoms with van der Waals surface area (Å²) in [5.74, 6) is 0.561. The largest absolute Gasteiger partial charge is 0.507 e. The molecular formula is C44H38N3OP. The van der Waals surface area contributed by atoms with Gasteiger partial charge < -0.3 is 10.0 Å². The molecule has 1 atom stereocenters. The van der Waals surface area contributed by atoms with Crippen LogP contribution < -0.4 is 20.9 Å². The van der Waals surface area contributed by atoms with Crippen molar-refractivity contribution in [3.63, 3.8) is 0 Å². The molecule has 0 saturated carbocycles. The van der Waals surface area contributed by atoms with Crippen molar-refractivity contribution in [1.29, 1.82) is 0 Å². The maximum Gasteiger partial charge on any atom is 0.124 e. The summed E-state index contributed by atoms with van der Waals surface area (Å²) in [6.45, 7) is 4.46. The third-order valence-electron chi connectivity index (χ3n) is 8.43. The van der Waals surface area contributed by atoms with Gasteiger partial charge in [0.25, 0.3) is 0 Å². The summed E-state index contributed by atoms with van der Waals surface area (Å²) in [6, 6.07) is 56.3. The number of anilines is 3. The molecule has 0 bridgehead atoms. The van der Waals surface area contributed by atoms with Crippen molar-refractivity contribution in [1.82, 2.24) is 9.97 Å². The molecule has 0 aliphatic carbocycles. The lowest BCUT2D eigenvalue weighted by atomic mass is 9.93. The first-order chi connectivity index (χ1) is 24.1. The van der Waals surface area contributed by atoms with Crippen molar-refractivity contribution in [2.75, 3.05) is 4.90 Å². The van der Waals surface area contributed by atoms with Gasteiger partial charge in [0.1, 0.15) is 5.75 Å². The van der Waals surface area contributed by atoms with Crippen LogP contribution in [0.4, 0.5) is 17.1 Å². The van der Waals surface area contributed by atoms with Gasteiger partial charge in [0.05, 0.1) is 22.5 Å². The number of nitrogens with zero attached hydrogens (tertiary/aromatic N) is 3. The van der Waals surface area contributed by atoms with Crippen LogP contribution in [0.3, 0.4) is 0 Å². The third kappa shape index (κ3) is 7.02. The lowest BCUT2D eigenvalue weighted by Gasteiger charge is -2.30. The average Bonchev–Trinajstić information content (AvgIpc) is 3.14. The fourth-order valence-corrected chi connectivity index (χ4v) is 8.49. The molecular weight excluding hydrogens is 617 g/mol. The fraction of sp³-hybridized carbons (Fsp3) is 0.0909. The summed E-state index contributed by atoms with van der Waals surface area (Å²) in [5, 5.41) is 13.7. The Bertz CT molecular complexity index is 2060. The lowest BCUT2D eigenvalue weighted by Crippen LogP contribution is -2.22. The molecule has 5 aromatic carbocycles. The summed E-state index contributed by atoms with van der Waals surface area (Å²) in [5.41, 5.74) is 8.63. The van der Waals surface area contributed by atoms with Gasteiger partial charge in [-0.15, -0.1) is 0 Å². The van der Waals surface area contributed by atoms with Crippen LogP contribution in [0.25, 0.3) is 22.5 Å². The SMILES string of the molecule is CC(C)Cc1c(N(c2ccccc2)c2ccccc2)cc(-c2cccc(P(c3ccccc3)c3ccccn3)c2)nc1-c1ccccc1O. The summed E-state index contributed by atoms with van der Waals surface area (Å²) < 4.78 is 0. The second kappa shape index (κ2) is 14.7. The number of phenols is 1. The highest BCUT2D eigenvalue weighted by Crippen LogP contribution is 2.44. The highest BCUT2D eigenvalue weighted by atomic mass is 31.1. The van der Waals surface area contributed by atoms with E-state index in [9.17, 15) is 5.11 Å². The minimum absolute atomic E-state index is 0.213. The molecule has 0 amide bonds. The number of benzene rings is 5. The van der Waals surface area contributed by atoms with Crippen LogP contribution in [0.5, 0.6) is 5.75 Å². The van der Waals surface area contributed by atoms with Gasteiger partial charge in [0, 0.05) is 42.2 Å². The van der Waals surface area contributed by atoms with Gasteiger partial charge in [-0.3, -0.25) is 4.98 Å². The van der Waals surface area contributed by atoms with Crippen molar-refractivity contribution in [3.05, 3.63) is 176 Å². The number of para-hydroxylation sites is 3. The molecule has 1 unspecified atom stereocenters. The molecule has 0 spiro atoms. The summed E-state index contributed by atoms with van der Waals surface area (Å²) in [7, 11) is -0.909. The predicted octanol–water partition coefficient (Wildman–Crippen LogP) is 9.94. The number of hydrogen-bond donors (Lipinski definition) is 1. The second-order valence-electron chi connectivity index (χ2n) is 12.4. The zero-order chi connectivity index (χ0) is 33.6. The summed E-state index contributed by atoms with van der Waals surface area (Å²) in [4.78, 5) is 12.5. The maximum absolute atomic E-state index is 11.3. The molecule has 5 heteroatoms. The van der Waals surface area contributed by atoms with Crippen LogP contribution in [-0.4, -0.2) is 15.1 Å². The van der Waals surface area contributed by atoms with Gasteiger partial charge in [0.15, 0.2) is 0 Å². The van der Waals surface area contributed by atoms with Crippen LogP contribution in [0.15, 0.2) is 170 Å². The Morgan fingerprint density at radius 3 is 1.88 bits per heavy atom. The summed E-state index contributed by atoms with van der Waals surface area (Å²) >= 11 is 0. The van der Waals surface area contributed by atoms with Gasteiger partial charge in [-0.1, -0.05) is 117 Å². The van der Waals surface area contributed by atoms with Gasteiger partial charge >= 0.3 is 0 Å². The highest BCUT2D eigenvalue weighted by Gasteiger charge is 2.25. The Labute approximate surface area is 290 Å². The number of rotatable bonds is 10. The van der Waals surface area contributed by atoms with Crippen molar-refractivity contribution < 1.29 is 5.11 Å². The van der Waals surface area contributed by atoms with E-state index < -0.39 is 7.92 Å². The van der Waals surface area contributed by atoms with E-state index in [0.717, 1.165) is 57.0 Å². The van der Waals surface area contributed by atoms with Crippen molar-refractivity contribution >= 4 is 41.0 Å². The molecule has 4 nitrogen and oxygen atoms in total. The molecule has 1 N–H and O–H groups in total. The van der Waals surface area contributed by atoms with Crippen LogP contribution in [0.2, 0.25) is 0 Å². The molecule has 0 fully saturated rings. The van der Waals surface area contributed by atoms with E-state index in [1.807, 2.05) is 42.6 Å². The smallest absolute Gasteiger partial charge is 0.124 e. The van der Waals surface area contributed by atoms with E-state index in [-0.39, 0.29) is 5.75 Å². The first-order valence-corrected chi connectivity index (χ1v) is 18.0. The molecule has 240 valence electrons. The quantitative estimate of drug-likeness (QED) is 0.149. The molecule has 2 heterocycles. The van der Waals surface area contributed by atoms with E-state index in [1.54, 1.807) is 6.07 Å². The van der Waals surface area contributed by atoms with E-state index in [0.29, 0.717) is 5.92 Å². The van der Waals surface area contributed by atoms with Gasteiger partial charge in [-0.05, 0) is 83.6 Å². The molecule has 49 heavy (non-hydrogen) atoms. The van der Waals surface area contributed by atoms with Crippen LogP contribution >= 0.6 is 7.92 Å². The van der Waals surface area contributed by atoms with E-state index >= 15 is 0 Å². The third-order valence-corrected chi connectivity index (χ3v) is 10.8. The van der Waals surface area contributed by atoms with Gasteiger partial charge in [-0.25, -0.2) is 4.98 Å². The molecule has 2 aromatic heterocycles. The second-order valence-corrected chi connectivity index (χ2v) is 14.5. The van der Waals surface area contributed by atoms with Crippen LogP contribution in [-0.2, 0) is 6.42 Å². The monoisotopic (exact) mass is 655 g/mol. The summed E-state index contributed by atoms with van der Waals surface area (Å²) in [6.07, 6.45) is 2.65. The van der Waals surface area contributed by atoms with Crippen molar-refractivity contribution in [2.45, 2.75) is 20.3 Å². The minimum atomic E-state index is -0.909. The van der Waals surface area contributed by atoms with E-state index in [2.05, 4.69) is 140 Å². The Morgan fingerprint density at radius 2 is 1.24 bits per heavy atom. The number of pyridine rings is 2. The van der Waals surface area contributed by atoms with Gasteiger partial charge in [0.2, 0.25) is 0 Å². The minimum Gasteiger partial charge on any atom is -0.507 e. The zero-order valence-electron chi connectivity index (χ0n) is 27.7. The number of aromatic nitrogens is 2. The maximum atomic E-state index is 11.3. The molecule has 0 radical (unpaired) electrons. The Kier molecular flexibility index (Phi) is 9.59. The number of hydrogen-bond acceptors (Lipinski definition) is 4. The molecule has 0 aliphatic heterocycles.